The molecule has 0 spiro atoms. The Morgan fingerprint density at radius 2 is 1.96 bits per heavy atom. The molecule has 23 heavy (non-hydrogen) atoms. The summed E-state index contributed by atoms with van der Waals surface area (Å²) in [7, 11) is 1.63. The Kier molecular flexibility index (Phi) is 4.63. The zero-order chi connectivity index (χ0) is 16.1. The molecule has 3 aromatic rings. The Morgan fingerprint density at radius 1 is 1.17 bits per heavy atom. The lowest BCUT2D eigenvalue weighted by Crippen LogP contribution is -1.92. The summed E-state index contributed by atoms with van der Waals surface area (Å²) in [5.41, 5.74) is 5.08. The topological polar surface area (TPSA) is 46.5 Å². The van der Waals surface area contributed by atoms with Crippen LogP contribution in [-0.2, 0) is 0 Å². The Hall–Kier alpha value is -2.73. The Balaban J connectivity index is 1.68. The van der Waals surface area contributed by atoms with Gasteiger partial charge in [-0.2, -0.15) is 5.10 Å². The predicted octanol–water partition coefficient (Wildman–Crippen LogP) is 4.40. The maximum atomic E-state index is 13.5. The van der Waals surface area contributed by atoms with E-state index in [-0.39, 0.29) is 5.82 Å². The van der Waals surface area contributed by atoms with Crippen LogP contribution in [0.2, 0.25) is 0 Å². The molecule has 4 nitrogen and oxygen atoms in total. The van der Waals surface area contributed by atoms with Crippen molar-refractivity contribution in [3.8, 4) is 17.0 Å². The van der Waals surface area contributed by atoms with Gasteiger partial charge in [-0.1, -0.05) is 18.2 Å². The van der Waals surface area contributed by atoms with E-state index >= 15 is 0 Å². The second-order valence-corrected chi connectivity index (χ2v) is 5.52. The molecule has 0 saturated heterocycles. The monoisotopic (exact) mass is 327 g/mol. The number of aromatic nitrogens is 1. The zero-order valence-corrected chi connectivity index (χ0v) is 13.2. The summed E-state index contributed by atoms with van der Waals surface area (Å²) in [5.74, 6) is 0.493. The molecule has 0 bridgehead atoms. The summed E-state index contributed by atoms with van der Waals surface area (Å²) in [6.45, 7) is 0. The van der Waals surface area contributed by atoms with Crippen LogP contribution in [0.5, 0.6) is 5.75 Å². The van der Waals surface area contributed by atoms with Crippen molar-refractivity contribution in [1.29, 1.82) is 0 Å². The standard InChI is InChI=1S/C17H14FN3OS/c1-22-14-8-6-12(7-9-14)16-11-23-17(20-16)21-19-10-13-4-2-3-5-15(13)18/h2-11H,1H3,(H,20,21)/b19-10+. The molecule has 0 aliphatic carbocycles. The second kappa shape index (κ2) is 7.02. The van der Waals surface area contributed by atoms with Crippen molar-refractivity contribution in [3.63, 3.8) is 0 Å². The third-order valence-corrected chi connectivity index (χ3v) is 3.91. The average Bonchev–Trinajstić information content (AvgIpc) is 3.06. The summed E-state index contributed by atoms with van der Waals surface area (Å²) in [4.78, 5) is 4.45. The Bertz CT molecular complexity index is 815. The van der Waals surface area contributed by atoms with Crippen molar-refractivity contribution in [2.24, 2.45) is 5.10 Å². The van der Waals surface area contributed by atoms with Crippen molar-refractivity contribution in [1.82, 2.24) is 4.98 Å². The highest BCUT2D eigenvalue weighted by Gasteiger charge is 2.04. The van der Waals surface area contributed by atoms with E-state index in [1.807, 2.05) is 29.6 Å². The average molecular weight is 327 g/mol. The van der Waals surface area contributed by atoms with Crippen LogP contribution < -0.4 is 10.2 Å². The highest BCUT2D eigenvalue weighted by Crippen LogP contribution is 2.26. The molecule has 0 saturated carbocycles. The molecule has 1 aromatic heterocycles. The van der Waals surface area contributed by atoms with Crippen molar-refractivity contribution >= 4 is 22.7 Å². The largest absolute Gasteiger partial charge is 0.497 e. The minimum Gasteiger partial charge on any atom is -0.497 e. The number of benzene rings is 2. The van der Waals surface area contributed by atoms with E-state index in [4.69, 9.17) is 4.74 Å². The molecular weight excluding hydrogens is 313 g/mol. The van der Waals surface area contributed by atoms with Gasteiger partial charge in [-0.3, -0.25) is 5.43 Å². The molecule has 3 rings (SSSR count). The van der Waals surface area contributed by atoms with Crippen molar-refractivity contribution in [3.05, 3.63) is 65.3 Å². The number of nitrogens with one attached hydrogen (secondary N) is 1. The van der Waals surface area contributed by atoms with Gasteiger partial charge >= 0.3 is 0 Å². The summed E-state index contributed by atoms with van der Waals surface area (Å²) in [6, 6.07) is 14.1. The zero-order valence-electron chi connectivity index (χ0n) is 12.4. The molecule has 0 fully saturated rings. The summed E-state index contributed by atoms with van der Waals surface area (Å²) in [5, 5.41) is 6.60. The van der Waals surface area contributed by atoms with Crippen LogP contribution in [0.3, 0.4) is 0 Å². The first-order valence-corrected chi connectivity index (χ1v) is 7.78. The number of halogens is 1. The first-order valence-electron chi connectivity index (χ1n) is 6.90. The maximum absolute atomic E-state index is 13.5. The molecule has 1 N–H and O–H groups in total. The van der Waals surface area contributed by atoms with Gasteiger partial charge in [0.25, 0.3) is 0 Å². The molecule has 0 atom stereocenters. The van der Waals surface area contributed by atoms with Crippen LogP contribution in [0.25, 0.3) is 11.3 Å². The lowest BCUT2D eigenvalue weighted by molar-refractivity contribution is 0.415. The van der Waals surface area contributed by atoms with E-state index in [0.29, 0.717) is 10.7 Å². The first kappa shape index (κ1) is 15.2. The quantitative estimate of drug-likeness (QED) is 0.558. The van der Waals surface area contributed by atoms with Crippen LogP contribution in [0.4, 0.5) is 9.52 Å². The minimum atomic E-state index is -0.309. The van der Waals surface area contributed by atoms with Crippen LogP contribution in [-0.4, -0.2) is 18.3 Å². The number of anilines is 1. The van der Waals surface area contributed by atoms with Crippen LogP contribution in [0.15, 0.2) is 59.0 Å². The highest BCUT2D eigenvalue weighted by molar-refractivity contribution is 7.14. The van der Waals surface area contributed by atoms with Gasteiger partial charge in [0.1, 0.15) is 11.6 Å². The third-order valence-electron chi connectivity index (χ3n) is 3.16. The number of thiazole rings is 1. The van der Waals surface area contributed by atoms with Crippen LogP contribution in [0.1, 0.15) is 5.56 Å². The fourth-order valence-corrected chi connectivity index (χ4v) is 2.62. The minimum absolute atomic E-state index is 0.309. The van der Waals surface area contributed by atoms with Gasteiger partial charge in [0.15, 0.2) is 0 Å². The maximum Gasteiger partial charge on any atom is 0.203 e. The van der Waals surface area contributed by atoms with Crippen LogP contribution >= 0.6 is 11.3 Å². The smallest absolute Gasteiger partial charge is 0.203 e. The first-order chi connectivity index (χ1) is 11.3. The van der Waals surface area contributed by atoms with Gasteiger partial charge in [-0.05, 0) is 30.3 Å². The molecule has 0 aliphatic rings. The molecule has 6 heteroatoms. The number of methoxy groups -OCH3 is 1. The van der Waals surface area contributed by atoms with Gasteiger partial charge in [0, 0.05) is 16.5 Å². The van der Waals surface area contributed by atoms with Gasteiger partial charge in [-0.25, -0.2) is 9.37 Å². The fraction of sp³-hybridized carbons (Fsp3) is 0.0588. The molecule has 2 aromatic carbocycles. The van der Waals surface area contributed by atoms with Crippen LogP contribution in [0, 0.1) is 5.82 Å². The van der Waals surface area contributed by atoms with E-state index in [1.54, 1.807) is 25.3 Å². The Morgan fingerprint density at radius 3 is 2.70 bits per heavy atom. The number of ether oxygens (including phenoxy) is 1. The van der Waals surface area contributed by atoms with E-state index < -0.39 is 0 Å². The van der Waals surface area contributed by atoms with Gasteiger partial charge < -0.3 is 4.74 Å². The fourth-order valence-electron chi connectivity index (χ4n) is 1.96. The van der Waals surface area contributed by atoms with Crippen molar-refractivity contribution < 1.29 is 9.13 Å². The summed E-state index contributed by atoms with van der Waals surface area (Å²) in [6.07, 6.45) is 1.43. The van der Waals surface area contributed by atoms with Crippen molar-refractivity contribution in [2.45, 2.75) is 0 Å². The van der Waals surface area contributed by atoms with E-state index in [2.05, 4.69) is 15.5 Å². The van der Waals surface area contributed by atoms with Crippen molar-refractivity contribution in [2.75, 3.05) is 12.5 Å². The number of hydrogen-bond acceptors (Lipinski definition) is 5. The molecule has 0 amide bonds. The highest BCUT2D eigenvalue weighted by atomic mass is 32.1. The molecule has 0 radical (unpaired) electrons. The second-order valence-electron chi connectivity index (χ2n) is 4.66. The lowest BCUT2D eigenvalue weighted by atomic mass is 10.2. The molecule has 116 valence electrons. The van der Waals surface area contributed by atoms with Gasteiger partial charge in [0.2, 0.25) is 5.13 Å². The van der Waals surface area contributed by atoms with Gasteiger partial charge in [0.05, 0.1) is 19.0 Å². The molecule has 0 unspecified atom stereocenters. The van der Waals surface area contributed by atoms with E-state index in [9.17, 15) is 4.39 Å². The molecule has 1 heterocycles. The summed E-state index contributed by atoms with van der Waals surface area (Å²) >= 11 is 1.43. The van der Waals surface area contributed by atoms with E-state index in [1.165, 1.54) is 23.6 Å². The normalized spacial score (nSPS) is 10.9. The number of nitrogens with zero attached hydrogens (tertiary/aromatic N) is 2. The number of rotatable bonds is 5. The lowest BCUT2D eigenvalue weighted by Gasteiger charge is -2.00. The molecular formula is C17H14FN3OS. The van der Waals surface area contributed by atoms with E-state index in [0.717, 1.165) is 17.0 Å². The van der Waals surface area contributed by atoms with Gasteiger partial charge in [-0.15, -0.1) is 11.3 Å². The SMILES string of the molecule is COc1ccc(-c2csc(N/N=C/c3ccccc3F)n2)cc1. The number of hydrazone groups is 1. The summed E-state index contributed by atoms with van der Waals surface area (Å²) < 4.78 is 18.6. The third kappa shape index (κ3) is 3.73. The Labute approximate surface area is 137 Å². The number of hydrogen-bond donors (Lipinski definition) is 1. The molecule has 0 aliphatic heterocycles. The predicted molar refractivity (Wildman–Crippen MR) is 91.7 cm³/mol.